The van der Waals surface area contributed by atoms with Crippen LogP contribution in [0.15, 0.2) is 42.5 Å². The quantitative estimate of drug-likeness (QED) is 0.723. The summed E-state index contributed by atoms with van der Waals surface area (Å²) >= 11 is 0. The van der Waals surface area contributed by atoms with Gasteiger partial charge in [-0.1, -0.05) is 35.9 Å². The Morgan fingerprint density at radius 3 is 2.63 bits per heavy atom. The van der Waals surface area contributed by atoms with E-state index in [0.29, 0.717) is 6.54 Å². The van der Waals surface area contributed by atoms with Gasteiger partial charge in [0.15, 0.2) is 18.0 Å². The summed E-state index contributed by atoms with van der Waals surface area (Å²) in [7, 11) is 1.70. The first kappa shape index (κ1) is 19.9. The number of hydrogen-bond acceptors (Lipinski definition) is 3. The number of rotatable bonds is 3. The Balaban J connectivity index is 0.00000210. The second-order valence-corrected chi connectivity index (χ2v) is 7.42. The van der Waals surface area contributed by atoms with Crippen LogP contribution in [0.4, 0.5) is 5.69 Å². The number of nitrogens with zero attached hydrogens (tertiary/aromatic N) is 2. The highest BCUT2D eigenvalue weighted by atomic mass is 79.9. The first-order valence-corrected chi connectivity index (χ1v) is 9.39. The van der Waals surface area contributed by atoms with Crippen LogP contribution in [-0.4, -0.2) is 35.7 Å². The van der Waals surface area contributed by atoms with Crippen molar-refractivity contribution < 1.29 is 31.4 Å². The second kappa shape index (κ2) is 7.64. The van der Waals surface area contributed by atoms with E-state index in [9.17, 15) is 5.11 Å². The number of amidine groups is 1. The van der Waals surface area contributed by atoms with Crippen LogP contribution >= 0.6 is 0 Å². The van der Waals surface area contributed by atoms with E-state index in [4.69, 9.17) is 4.74 Å². The first-order chi connectivity index (χ1) is 12.5. The monoisotopic (exact) mass is 430 g/mol. The summed E-state index contributed by atoms with van der Waals surface area (Å²) in [6.45, 7) is 5.59. The Morgan fingerprint density at radius 1 is 1.11 bits per heavy atom. The number of methoxy groups -OCH3 is 1. The number of para-hydroxylation sites is 2. The van der Waals surface area contributed by atoms with Gasteiger partial charge in [0.2, 0.25) is 0 Å². The molecule has 2 aliphatic heterocycles. The average Bonchev–Trinajstić information content (AvgIpc) is 2.95. The molecule has 4 nitrogen and oxygen atoms in total. The average molecular weight is 431 g/mol. The molecule has 0 spiro atoms. The number of aryl methyl sites for hydroxylation is 2. The third-order valence-corrected chi connectivity index (χ3v) is 5.67. The van der Waals surface area contributed by atoms with Crippen LogP contribution in [-0.2, 0) is 5.72 Å². The molecule has 2 aliphatic rings. The van der Waals surface area contributed by atoms with Gasteiger partial charge in [0, 0.05) is 12.0 Å². The fourth-order valence-corrected chi connectivity index (χ4v) is 4.46. The number of aliphatic hydroxyl groups is 1. The minimum atomic E-state index is -1.01. The Morgan fingerprint density at radius 2 is 1.89 bits per heavy atom. The zero-order valence-corrected chi connectivity index (χ0v) is 17.8. The molecule has 0 amide bonds. The Hall–Kier alpha value is -1.85. The molecule has 4 rings (SSSR count). The highest BCUT2D eigenvalue weighted by Crippen LogP contribution is 2.39. The molecule has 27 heavy (non-hydrogen) atoms. The predicted octanol–water partition coefficient (Wildman–Crippen LogP) is 0.576. The zero-order valence-electron chi connectivity index (χ0n) is 16.2. The lowest BCUT2D eigenvalue weighted by Gasteiger charge is -2.26. The maximum Gasteiger partial charge on any atom is 0.271 e. The van der Waals surface area contributed by atoms with Gasteiger partial charge in [0.25, 0.3) is 11.6 Å². The van der Waals surface area contributed by atoms with Crippen molar-refractivity contribution in [2.45, 2.75) is 38.8 Å². The largest absolute Gasteiger partial charge is 1.00 e. The highest BCUT2D eigenvalue weighted by Gasteiger charge is 2.53. The molecule has 0 saturated carbocycles. The number of benzene rings is 2. The van der Waals surface area contributed by atoms with Crippen molar-refractivity contribution >= 4 is 11.5 Å². The summed E-state index contributed by atoms with van der Waals surface area (Å²) in [4.78, 5) is 2.25. The van der Waals surface area contributed by atoms with E-state index >= 15 is 0 Å². The molecule has 2 aromatic rings. The summed E-state index contributed by atoms with van der Waals surface area (Å²) in [6, 6.07) is 14.4. The van der Waals surface area contributed by atoms with Crippen molar-refractivity contribution in [3.8, 4) is 5.75 Å². The molecule has 1 unspecified atom stereocenters. The van der Waals surface area contributed by atoms with Crippen molar-refractivity contribution in [3.63, 3.8) is 0 Å². The number of ether oxygens (including phenoxy) is 1. The molecule has 2 heterocycles. The van der Waals surface area contributed by atoms with Gasteiger partial charge in [-0.25, -0.2) is 9.48 Å². The van der Waals surface area contributed by atoms with Crippen molar-refractivity contribution in [1.29, 1.82) is 0 Å². The van der Waals surface area contributed by atoms with Crippen molar-refractivity contribution in [1.82, 2.24) is 0 Å². The summed E-state index contributed by atoms with van der Waals surface area (Å²) in [5.41, 5.74) is 3.38. The highest BCUT2D eigenvalue weighted by molar-refractivity contribution is 5.97. The molecule has 144 valence electrons. The standard InChI is InChI=1S/C22H27N2O2.BrH/c1-16-11-12-18(17(2)14-16)22(25)15-23(21-10-6-7-13-24(21)22)19-8-4-5-9-20(19)26-3;/h4-5,8-9,11-12,14,25H,6-7,10,13,15H2,1-3H3;1H/q+1;/p-1. The van der Waals surface area contributed by atoms with Crippen LogP contribution < -0.4 is 26.6 Å². The van der Waals surface area contributed by atoms with Crippen molar-refractivity contribution in [2.75, 3.05) is 25.1 Å². The molecular formula is C22H27BrN2O2. The van der Waals surface area contributed by atoms with Gasteiger partial charge in [-0.05, 0) is 44.4 Å². The molecule has 5 heteroatoms. The third kappa shape index (κ3) is 3.27. The molecule has 0 radical (unpaired) electrons. The lowest BCUT2D eigenvalue weighted by molar-refractivity contribution is -0.661. The van der Waals surface area contributed by atoms with E-state index in [-0.39, 0.29) is 17.0 Å². The van der Waals surface area contributed by atoms with Crippen LogP contribution in [0.2, 0.25) is 0 Å². The molecule has 0 aliphatic carbocycles. The van der Waals surface area contributed by atoms with Crippen LogP contribution in [0.25, 0.3) is 0 Å². The van der Waals surface area contributed by atoms with E-state index in [0.717, 1.165) is 48.4 Å². The Bertz CT molecular complexity index is 880. The SMILES string of the molecule is COc1ccccc1N1CC(O)(c2ccc(C)cc2C)[N+]2=C1CCCC2.[Br-]. The van der Waals surface area contributed by atoms with Gasteiger partial charge in [-0.3, -0.25) is 0 Å². The van der Waals surface area contributed by atoms with Crippen LogP contribution in [0.5, 0.6) is 5.75 Å². The lowest BCUT2D eigenvalue weighted by atomic mass is 9.95. The Labute approximate surface area is 171 Å². The molecule has 0 fully saturated rings. The third-order valence-electron chi connectivity index (χ3n) is 5.67. The van der Waals surface area contributed by atoms with E-state index in [2.05, 4.69) is 47.6 Å². The minimum absolute atomic E-state index is 0. The number of β-amino-alcohol motifs (C(OH)–C–C–N with tert-alkyl or cyclic N) is 1. The summed E-state index contributed by atoms with van der Waals surface area (Å²) < 4.78 is 7.80. The van der Waals surface area contributed by atoms with E-state index < -0.39 is 5.72 Å². The van der Waals surface area contributed by atoms with Crippen LogP contribution in [0.1, 0.15) is 36.0 Å². The van der Waals surface area contributed by atoms with Gasteiger partial charge in [0.05, 0.1) is 13.7 Å². The summed E-state index contributed by atoms with van der Waals surface area (Å²) in [5, 5.41) is 11.8. The number of hydrogen-bond donors (Lipinski definition) is 1. The molecule has 0 saturated heterocycles. The predicted molar refractivity (Wildman–Crippen MR) is 104 cm³/mol. The van der Waals surface area contributed by atoms with Gasteiger partial charge < -0.3 is 26.8 Å². The molecular weight excluding hydrogens is 404 g/mol. The molecule has 1 N–H and O–H groups in total. The second-order valence-electron chi connectivity index (χ2n) is 7.42. The first-order valence-electron chi connectivity index (χ1n) is 9.39. The maximum absolute atomic E-state index is 11.8. The van der Waals surface area contributed by atoms with E-state index in [1.54, 1.807) is 7.11 Å². The van der Waals surface area contributed by atoms with Crippen molar-refractivity contribution in [2.24, 2.45) is 0 Å². The fourth-order valence-electron chi connectivity index (χ4n) is 4.46. The summed E-state index contributed by atoms with van der Waals surface area (Å²) in [6.07, 6.45) is 3.24. The molecule has 0 bridgehead atoms. The number of anilines is 1. The van der Waals surface area contributed by atoms with E-state index in [1.807, 2.05) is 18.2 Å². The zero-order chi connectivity index (χ0) is 18.3. The minimum Gasteiger partial charge on any atom is -1.00 e. The van der Waals surface area contributed by atoms with Crippen LogP contribution in [0, 0.1) is 13.8 Å². The van der Waals surface area contributed by atoms with Gasteiger partial charge in [-0.15, -0.1) is 0 Å². The topological polar surface area (TPSA) is 35.7 Å². The molecule has 1 atom stereocenters. The van der Waals surface area contributed by atoms with Crippen LogP contribution in [0.3, 0.4) is 0 Å². The van der Waals surface area contributed by atoms with Gasteiger partial charge in [-0.2, -0.15) is 0 Å². The van der Waals surface area contributed by atoms with E-state index in [1.165, 1.54) is 11.4 Å². The van der Waals surface area contributed by atoms with Crippen molar-refractivity contribution in [3.05, 3.63) is 59.2 Å². The van der Waals surface area contributed by atoms with Gasteiger partial charge in [0.1, 0.15) is 0 Å². The lowest BCUT2D eigenvalue weighted by Crippen LogP contribution is -3.00. The summed E-state index contributed by atoms with van der Waals surface area (Å²) in [5.74, 6) is 2.04. The fraction of sp³-hybridized carbons (Fsp3) is 0.409. The van der Waals surface area contributed by atoms with Gasteiger partial charge >= 0.3 is 0 Å². The normalized spacial score (nSPS) is 21.7. The molecule has 0 aromatic heterocycles. The Kier molecular flexibility index (Phi) is 5.63. The maximum atomic E-state index is 11.8. The number of halogens is 1. The smallest absolute Gasteiger partial charge is 0.271 e. The molecule has 2 aromatic carbocycles.